The fraction of sp³-hybridized carbons (Fsp3) is 0.400. The number of ether oxygens (including phenoxy) is 1. The molecule has 1 saturated heterocycles. The molecule has 1 aliphatic heterocycles. The Labute approximate surface area is 85.0 Å². The summed E-state index contributed by atoms with van der Waals surface area (Å²) in [5, 5.41) is 0. The summed E-state index contributed by atoms with van der Waals surface area (Å²) in [6.07, 6.45) is 2.45. The van der Waals surface area contributed by atoms with E-state index in [-0.39, 0.29) is 5.82 Å². The Morgan fingerprint density at radius 1 is 1.54 bits per heavy atom. The number of benzene rings is 1. The van der Waals surface area contributed by atoms with Crippen molar-refractivity contribution in [3.63, 3.8) is 0 Å². The van der Waals surface area contributed by atoms with Gasteiger partial charge < -0.3 is 4.74 Å². The molecular formula is C10H10BrFO. The van der Waals surface area contributed by atoms with Gasteiger partial charge in [-0.1, -0.05) is 6.07 Å². The van der Waals surface area contributed by atoms with Crippen LogP contribution < -0.4 is 0 Å². The average molecular weight is 245 g/mol. The van der Waals surface area contributed by atoms with E-state index >= 15 is 0 Å². The van der Waals surface area contributed by atoms with E-state index in [4.69, 9.17) is 4.74 Å². The van der Waals surface area contributed by atoms with E-state index in [1.165, 1.54) is 6.07 Å². The predicted molar refractivity (Wildman–Crippen MR) is 52.2 cm³/mol. The van der Waals surface area contributed by atoms with Crippen molar-refractivity contribution in [1.82, 2.24) is 0 Å². The van der Waals surface area contributed by atoms with Gasteiger partial charge in [0.05, 0.1) is 17.2 Å². The third kappa shape index (κ3) is 2.51. The summed E-state index contributed by atoms with van der Waals surface area (Å²) in [4.78, 5) is 0. The van der Waals surface area contributed by atoms with Gasteiger partial charge >= 0.3 is 0 Å². The Bertz CT molecular complexity index is 310. The van der Waals surface area contributed by atoms with Gasteiger partial charge in [0, 0.05) is 0 Å². The van der Waals surface area contributed by atoms with Crippen LogP contribution in [-0.4, -0.2) is 12.7 Å². The maximum absolute atomic E-state index is 12.8. The highest BCUT2D eigenvalue weighted by atomic mass is 79.9. The molecule has 1 aromatic carbocycles. The highest BCUT2D eigenvalue weighted by molar-refractivity contribution is 9.10. The Kier molecular flexibility index (Phi) is 2.65. The number of hydrogen-bond acceptors (Lipinski definition) is 1. The molecule has 1 unspecified atom stereocenters. The molecule has 13 heavy (non-hydrogen) atoms. The van der Waals surface area contributed by atoms with E-state index in [1.54, 1.807) is 0 Å². The summed E-state index contributed by atoms with van der Waals surface area (Å²) in [6.45, 7) is 0.891. The zero-order chi connectivity index (χ0) is 9.26. The molecule has 1 aliphatic rings. The zero-order valence-electron chi connectivity index (χ0n) is 7.09. The minimum atomic E-state index is -0.202. The van der Waals surface area contributed by atoms with E-state index in [9.17, 15) is 4.39 Å². The number of hydrogen-bond donors (Lipinski definition) is 0. The van der Waals surface area contributed by atoms with Crippen molar-refractivity contribution >= 4 is 15.9 Å². The van der Waals surface area contributed by atoms with E-state index in [0.29, 0.717) is 10.6 Å². The van der Waals surface area contributed by atoms with Crippen LogP contribution in [0.15, 0.2) is 22.7 Å². The summed E-state index contributed by atoms with van der Waals surface area (Å²) in [5.74, 6) is -0.202. The summed E-state index contributed by atoms with van der Waals surface area (Å²) in [7, 11) is 0. The molecule has 0 saturated carbocycles. The normalized spacial score (nSPS) is 20.3. The minimum absolute atomic E-state index is 0.202. The van der Waals surface area contributed by atoms with Crippen LogP contribution in [0.5, 0.6) is 0 Å². The van der Waals surface area contributed by atoms with Crippen LogP contribution in [0, 0.1) is 5.82 Å². The highest BCUT2D eigenvalue weighted by Crippen LogP contribution is 2.20. The molecule has 1 atom stereocenters. The quantitative estimate of drug-likeness (QED) is 0.746. The van der Waals surface area contributed by atoms with Crippen molar-refractivity contribution in [2.24, 2.45) is 0 Å². The SMILES string of the molecule is Fc1ccc(CCC2CO2)cc1Br. The lowest BCUT2D eigenvalue weighted by molar-refractivity contribution is 0.397. The van der Waals surface area contributed by atoms with Crippen LogP contribution in [0.3, 0.4) is 0 Å². The van der Waals surface area contributed by atoms with Gasteiger partial charge in [0.25, 0.3) is 0 Å². The minimum Gasteiger partial charge on any atom is -0.373 e. The van der Waals surface area contributed by atoms with Crippen molar-refractivity contribution < 1.29 is 9.13 Å². The monoisotopic (exact) mass is 244 g/mol. The summed E-state index contributed by atoms with van der Waals surface area (Å²) < 4.78 is 18.5. The second kappa shape index (κ2) is 3.76. The Morgan fingerprint density at radius 3 is 2.92 bits per heavy atom. The van der Waals surface area contributed by atoms with Crippen LogP contribution >= 0.6 is 15.9 Å². The van der Waals surface area contributed by atoms with E-state index in [2.05, 4.69) is 15.9 Å². The van der Waals surface area contributed by atoms with Gasteiger partial charge in [-0.2, -0.15) is 0 Å². The fourth-order valence-electron chi connectivity index (χ4n) is 1.26. The number of halogens is 2. The van der Waals surface area contributed by atoms with Gasteiger partial charge in [0.2, 0.25) is 0 Å². The molecule has 0 amide bonds. The van der Waals surface area contributed by atoms with Crippen molar-refractivity contribution in [3.8, 4) is 0 Å². The largest absolute Gasteiger partial charge is 0.373 e. The molecular weight excluding hydrogens is 235 g/mol. The summed E-state index contributed by atoms with van der Waals surface area (Å²) in [5.41, 5.74) is 1.16. The molecule has 0 N–H and O–H groups in total. The maximum Gasteiger partial charge on any atom is 0.137 e. The Morgan fingerprint density at radius 2 is 2.31 bits per heavy atom. The van der Waals surface area contributed by atoms with Gasteiger partial charge in [0.15, 0.2) is 0 Å². The molecule has 70 valence electrons. The molecule has 0 aliphatic carbocycles. The molecule has 0 radical (unpaired) electrons. The second-order valence-corrected chi connectivity index (χ2v) is 4.10. The van der Waals surface area contributed by atoms with E-state index in [0.717, 1.165) is 25.0 Å². The second-order valence-electron chi connectivity index (χ2n) is 3.24. The molecule has 3 heteroatoms. The lowest BCUT2D eigenvalue weighted by Gasteiger charge is -2.00. The fourth-order valence-corrected chi connectivity index (χ4v) is 1.68. The molecule has 1 nitrogen and oxygen atoms in total. The smallest absolute Gasteiger partial charge is 0.137 e. The average Bonchev–Trinajstić information content (AvgIpc) is 2.91. The lowest BCUT2D eigenvalue weighted by atomic mass is 10.1. The first-order chi connectivity index (χ1) is 6.25. The van der Waals surface area contributed by atoms with Crippen LogP contribution in [0.25, 0.3) is 0 Å². The molecule has 1 fully saturated rings. The van der Waals surface area contributed by atoms with Crippen molar-refractivity contribution in [3.05, 3.63) is 34.1 Å². The molecule has 2 rings (SSSR count). The Balaban J connectivity index is 1.98. The third-order valence-electron chi connectivity index (χ3n) is 2.14. The molecule has 1 aromatic rings. The van der Waals surface area contributed by atoms with Crippen LogP contribution in [0.4, 0.5) is 4.39 Å². The summed E-state index contributed by atoms with van der Waals surface area (Å²) >= 11 is 3.16. The van der Waals surface area contributed by atoms with Gasteiger partial charge in [-0.3, -0.25) is 0 Å². The number of rotatable bonds is 3. The lowest BCUT2D eigenvalue weighted by Crippen LogP contribution is -1.91. The standard InChI is InChI=1S/C10H10BrFO/c11-9-5-7(2-4-10(9)12)1-3-8-6-13-8/h2,4-5,8H,1,3,6H2. The summed E-state index contributed by atoms with van der Waals surface area (Å²) in [6, 6.07) is 5.15. The van der Waals surface area contributed by atoms with Crippen molar-refractivity contribution in [2.45, 2.75) is 18.9 Å². The number of aryl methyl sites for hydroxylation is 1. The number of epoxide rings is 1. The van der Waals surface area contributed by atoms with Gasteiger partial charge in [-0.05, 0) is 46.5 Å². The maximum atomic E-state index is 12.8. The van der Waals surface area contributed by atoms with Crippen LogP contribution in [0.1, 0.15) is 12.0 Å². The Hall–Kier alpha value is -0.410. The van der Waals surface area contributed by atoms with Crippen molar-refractivity contribution in [2.75, 3.05) is 6.61 Å². The van der Waals surface area contributed by atoms with Crippen molar-refractivity contribution in [1.29, 1.82) is 0 Å². The highest BCUT2D eigenvalue weighted by Gasteiger charge is 2.21. The topological polar surface area (TPSA) is 12.5 Å². The van der Waals surface area contributed by atoms with Gasteiger partial charge in [0.1, 0.15) is 5.82 Å². The first kappa shape index (κ1) is 9.16. The first-order valence-corrected chi connectivity index (χ1v) is 5.10. The predicted octanol–water partition coefficient (Wildman–Crippen LogP) is 2.92. The molecule has 0 spiro atoms. The van der Waals surface area contributed by atoms with Crippen LogP contribution in [0.2, 0.25) is 0 Å². The molecule has 1 heterocycles. The zero-order valence-corrected chi connectivity index (χ0v) is 8.68. The third-order valence-corrected chi connectivity index (χ3v) is 2.75. The first-order valence-electron chi connectivity index (χ1n) is 4.31. The van der Waals surface area contributed by atoms with E-state index in [1.807, 2.05) is 12.1 Å². The van der Waals surface area contributed by atoms with Crippen LogP contribution in [-0.2, 0) is 11.2 Å². The molecule has 0 aromatic heterocycles. The van der Waals surface area contributed by atoms with Gasteiger partial charge in [-0.25, -0.2) is 4.39 Å². The molecule has 0 bridgehead atoms. The van der Waals surface area contributed by atoms with E-state index < -0.39 is 0 Å². The van der Waals surface area contributed by atoms with Gasteiger partial charge in [-0.15, -0.1) is 0 Å².